The Morgan fingerprint density at radius 2 is 1.90 bits per heavy atom. The molecule has 0 amide bonds. The van der Waals surface area contributed by atoms with Crippen LogP contribution in [0.4, 0.5) is 0 Å². The van der Waals surface area contributed by atoms with Gasteiger partial charge in [0.1, 0.15) is 0 Å². The van der Waals surface area contributed by atoms with Crippen LogP contribution in [0.3, 0.4) is 0 Å². The number of hydrogen-bond acceptors (Lipinski definition) is 2. The lowest BCUT2D eigenvalue weighted by Crippen LogP contribution is -1.97. The maximum absolute atomic E-state index is 5.54. The first-order valence-corrected chi connectivity index (χ1v) is 7.21. The van der Waals surface area contributed by atoms with E-state index in [2.05, 4.69) is 45.7 Å². The molecule has 2 heterocycles. The molecule has 1 N–H and O–H groups in total. The summed E-state index contributed by atoms with van der Waals surface area (Å²) in [6.45, 7) is 2.10. The summed E-state index contributed by atoms with van der Waals surface area (Å²) in [5.74, 6) is 0. The molecule has 0 saturated heterocycles. The van der Waals surface area contributed by atoms with Crippen LogP contribution >= 0.6 is 12.2 Å². The van der Waals surface area contributed by atoms with E-state index in [4.69, 9.17) is 12.2 Å². The van der Waals surface area contributed by atoms with Crippen LogP contribution in [0.5, 0.6) is 0 Å². The molecule has 0 spiro atoms. The SMILES string of the molecule is Cc1cccc2[nH]c(=S)n(-c3cccc4ncccc34)c12. The number of pyridine rings is 1. The molecular weight excluding hydrogens is 278 g/mol. The monoisotopic (exact) mass is 291 g/mol. The third-order valence-electron chi connectivity index (χ3n) is 3.77. The molecule has 0 unspecified atom stereocenters. The Bertz CT molecular complexity index is 1020. The number of rotatable bonds is 1. The van der Waals surface area contributed by atoms with E-state index in [1.807, 2.05) is 30.5 Å². The number of H-pyrrole nitrogens is 1. The van der Waals surface area contributed by atoms with E-state index in [1.165, 1.54) is 5.56 Å². The molecule has 2 aromatic carbocycles. The normalized spacial score (nSPS) is 11.3. The van der Waals surface area contributed by atoms with Crippen molar-refractivity contribution in [3.8, 4) is 5.69 Å². The van der Waals surface area contributed by atoms with Crippen molar-refractivity contribution in [2.24, 2.45) is 0 Å². The molecule has 4 heteroatoms. The van der Waals surface area contributed by atoms with E-state index in [0.29, 0.717) is 4.77 Å². The predicted octanol–water partition coefficient (Wildman–Crippen LogP) is 4.54. The number of imidazole rings is 1. The van der Waals surface area contributed by atoms with Crippen molar-refractivity contribution in [3.63, 3.8) is 0 Å². The molecule has 0 saturated carbocycles. The van der Waals surface area contributed by atoms with Gasteiger partial charge >= 0.3 is 0 Å². The number of para-hydroxylation sites is 1. The topological polar surface area (TPSA) is 33.6 Å². The van der Waals surface area contributed by atoms with Crippen LogP contribution in [0.2, 0.25) is 0 Å². The third kappa shape index (κ3) is 1.80. The molecule has 21 heavy (non-hydrogen) atoms. The van der Waals surface area contributed by atoms with Crippen LogP contribution in [-0.2, 0) is 0 Å². The van der Waals surface area contributed by atoms with E-state index in [0.717, 1.165) is 27.6 Å². The Morgan fingerprint density at radius 3 is 2.81 bits per heavy atom. The van der Waals surface area contributed by atoms with Crippen molar-refractivity contribution in [2.75, 3.05) is 0 Å². The maximum atomic E-state index is 5.54. The van der Waals surface area contributed by atoms with Crippen LogP contribution in [0, 0.1) is 11.7 Å². The smallest absolute Gasteiger partial charge is 0.182 e. The lowest BCUT2D eigenvalue weighted by molar-refractivity contribution is 1.07. The number of benzene rings is 2. The van der Waals surface area contributed by atoms with Crippen molar-refractivity contribution < 1.29 is 0 Å². The molecule has 0 aliphatic heterocycles. The van der Waals surface area contributed by atoms with Crippen LogP contribution in [0.1, 0.15) is 5.56 Å². The zero-order valence-electron chi connectivity index (χ0n) is 11.5. The molecule has 2 aromatic heterocycles. The number of hydrogen-bond donors (Lipinski definition) is 1. The molecule has 4 rings (SSSR count). The molecule has 0 fully saturated rings. The number of fused-ring (bicyclic) bond motifs is 2. The lowest BCUT2D eigenvalue weighted by atomic mass is 10.1. The summed E-state index contributed by atoms with van der Waals surface area (Å²) in [6.07, 6.45) is 1.81. The Kier molecular flexibility index (Phi) is 2.65. The number of nitrogens with zero attached hydrogens (tertiary/aromatic N) is 2. The molecule has 0 bridgehead atoms. The van der Waals surface area contributed by atoms with Gasteiger partial charge in [-0.15, -0.1) is 0 Å². The second-order valence-electron chi connectivity index (χ2n) is 5.08. The highest BCUT2D eigenvalue weighted by Gasteiger charge is 2.11. The summed E-state index contributed by atoms with van der Waals surface area (Å²) in [5, 5.41) is 1.10. The van der Waals surface area contributed by atoms with Gasteiger partial charge in [-0.1, -0.05) is 18.2 Å². The Labute approximate surface area is 126 Å². The summed E-state index contributed by atoms with van der Waals surface area (Å²) in [7, 11) is 0. The van der Waals surface area contributed by atoms with Gasteiger partial charge in [0.2, 0.25) is 0 Å². The van der Waals surface area contributed by atoms with E-state index in [-0.39, 0.29) is 0 Å². The van der Waals surface area contributed by atoms with E-state index in [9.17, 15) is 0 Å². The fraction of sp³-hybridized carbons (Fsp3) is 0.0588. The average molecular weight is 291 g/mol. The van der Waals surface area contributed by atoms with Crippen molar-refractivity contribution in [1.29, 1.82) is 0 Å². The van der Waals surface area contributed by atoms with E-state index < -0.39 is 0 Å². The standard InChI is InChI=1S/C17H13N3S/c1-11-5-2-8-14-16(11)20(17(21)19-14)15-9-3-7-13-12(15)6-4-10-18-13/h2-10H,1H3,(H,19,21). The fourth-order valence-corrected chi connectivity index (χ4v) is 3.14. The van der Waals surface area contributed by atoms with E-state index in [1.54, 1.807) is 0 Å². The number of aryl methyl sites for hydroxylation is 1. The Morgan fingerprint density at radius 1 is 1.05 bits per heavy atom. The van der Waals surface area contributed by atoms with Crippen LogP contribution in [0.15, 0.2) is 54.7 Å². The zero-order chi connectivity index (χ0) is 14.4. The second-order valence-corrected chi connectivity index (χ2v) is 5.47. The summed E-state index contributed by atoms with van der Waals surface area (Å²) >= 11 is 5.54. The lowest BCUT2D eigenvalue weighted by Gasteiger charge is -2.09. The summed E-state index contributed by atoms with van der Waals surface area (Å²) in [5.41, 5.74) is 5.41. The van der Waals surface area contributed by atoms with Gasteiger partial charge in [-0.25, -0.2) is 0 Å². The quantitative estimate of drug-likeness (QED) is 0.522. The first kappa shape index (κ1) is 12.3. The van der Waals surface area contributed by atoms with E-state index >= 15 is 0 Å². The molecule has 0 atom stereocenters. The zero-order valence-corrected chi connectivity index (χ0v) is 12.3. The van der Waals surface area contributed by atoms with Gasteiger partial charge in [0, 0.05) is 11.6 Å². The number of aromatic nitrogens is 3. The number of nitrogens with one attached hydrogen (secondary N) is 1. The highest BCUT2D eigenvalue weighted by Crippen LogP contribution is 2.27. The van der Waals surface area contributed by atoms with Gasteiger partial charge in [0.05, 0.1) is 22.2 Å². The Hall–Kier alpha value is -2.46. The van der Waals surface area contributed by atoms with Gasteiger partial charge in [-0.3, -0.25) is 9.55 Å². The van der Waals surface area contributed by atoms with Crippen molar-refractivity contribution in [3.05, 3.63) is 65.1 Å². The van der Waals surface area contributed by atoms with Crippen LogP contribution in [-0.4, -0.2) is 14.5 Å². The van der Waals surface area contributed by atoms with Crippen molar-refractivity contribution >= 4 is 34.2 Å². The van der Waals surface area contributed by atoms with Gasteiger partial charge < -0.3 is 4.98 Å². The predicted molar refractivity (Wildman–Crippen MR) is 88.5 cm³/mol. The van der Waals surface area contributed by atoms with Gasteiger partial charge in [0.25, 0.3) is 0 Å². The Balaban J connectivity index is 2.20. The summed E-state index contributed by atoms with van der Waals surface area (Å²) < 4.78 is 2.81. The summed E-state index contributed by atoms with van der Waals surface area (Å²) in [4.78, 5) is 7.71. The van der Waals surface area contributed by atoms with Gasteiger partial charge in [0.15, 0.2) is 4.77 Å². The minimum absolute atomic E-state index is 0.704. The van der Waals surface area contributed by atoms with Gasteiger partial charge in [-0.2, -0.15) is 0 Å². The average Bonchev–Trinajstić information content (AvgIpc) is 2.84. The largest absolute Gasteiger partial charge is 0.330 e. The highest BCUT2D eigenvalue weighted by molar-refractivity contribution is 7.71. The molecule has 0 aliphatic carbocycles. The molecule has 4 aromatic rings. The molecule has 0 radical (unpaired) electrons. The maximum Gasteiger partial charge on any atom is 0.182 e. The van der Waals surface area contributed by atoms with Crippen molar-refractivity contribution in [1.82, 2.24) is 14.5 Å². The van der Waals surface area contributed by atoms with Gasteiger partial charge in [-0.05, 0) is 55.0 Å². The molecular formula is C17H13N3S. The minimum atomic E-state index is 0.704. The first-order valence-electron chi connectivity index (χ1n) is 6.80. The van der Waals surface area contributed by atoms with Crippen molar-refractivity contribution in [2.45, 2.75) is 6.92 Å². The number of aromatic amines is 1. The molecule has 3 nitrogen and oxygen atoms in total. The fourth-order valence-electron chi connectivity index (χ4n) is 2.84. The highest BCUT2D eigenvalue weighted by atomic mass is 32.1. The minimum Gasteiger partial charge on any atom is -0.330 e. The van der Waals surface area contributed by atoms with Crippen LogP contribution in [0.25, 0.3) is 27.6 Å². The second kappa shape index (κ2) is 4.53. The summed E-state index contributed by atoms with van der Waals surface area (Å²) in [6, 6.07) is 16.3. The molecule has 0 aliphatic rings. The third-order valence-corrected chi connectivity index (χ3v) is 4.05. The first-order chi connectivity index (χ1) is 10.3. The molecule has 102 valence electrons. The van der Waals surface area contributed by atoms with Crippen LogP contribution < -0.4 is 0 Å².